The Morgan fingerprint density at radius 3 is 2.25 bits per heavy atom. The summed E-state index contributed by atoms with van der Waals surface area (Å²) < 4.78 is 0. The van der Waals surface area contributed by atoms with Crippen molar-refractivity contribution in [1.29, 1.82) is 0 Å². The van der Waals surface area contributed by atoms with Crippen LogP contribution in [-0.4, -0.2) is 9.97 Å². The lowest BCUT2D eigenvalue weighted by atomic mass is 10.1. The van der Waals surface area contributed by atoms with E-state index in [1.165, 1.54) is 16.7 Å². The van der Waals surface area contributed by atoms with Gasteiger partial charge in [0.2, 0.25) is 5.95 Å². The third kappa shape index (κ3) is 3.90. The minimum Gasteiger partial charge on any atom is -0.340 e. The second kappa shape index (κ2) is 6.71. The third-order valence-corrected chi connectivity index (χ3v) is 3.91. The van der Waals surface area contributed by atoms with Gasteiger partial charge in [-0.25, -0.2) is 4.98 Å². The van der Waals surface area contributed by atoms with Crippen LogP contribution in [0.25, 0.3) is 0 Å². The summed E-state index contributed by atoms with van der Waals surface area (Å²) in [5.74, 6) is 1.37. The van der Waals surface area contributed by atoms with E-state index in [0.717, 1.165) is 22.9 Å². The molecule has 0 atom stereocenters. The summed E-state index contributed by atoms with van der Waals surface area (Å²) in [6.07, 6.45) is 0. The first-order chi connectivity index (χ1) is 11.5. The fourth-order valence-corrected chi connectivity index (χ4v) is 2.51. The minimum absolute atomic E-state index is 0.591. The van der Waals surface area contributed by atoms with Gasteiger partial charge in [-0.2, -0.15) is 4.98 Å². The Balaban J connectivity index is 1.84. The zero-order chi connectivity index (χ0) is 17.1. The zero-order valence-electron chi connectivity index (χ0n) is 14.5. The average Bonchev–Trinajstić information content (AvgIpc) is 2.50. The molecule has 0 bridgehead atoms. The van der Waals surface area contributed by atoms with E-state index in [9.17, 15) is 0 Å². The molecule has 0 saturated carbocycles. The van der Waals surface area contributed by atoms with Gasteiger partial charge in [0.15, 0.2) is 0 Å². The molecule has 0 aliphatic heterocycles. The lowest BCUT2D eigenvalue weighted by Gasteiger charge is -2.11. The Kier molecular flexibility index (Phi) is 4.47. The van der Waals surface area contributed by atoms with Gasteiger partial charge in [0.1, 0.15) is 5.82 Å². The van der Waals surface area contributed by atoms with Gasteiger partial charge in [-0.1, -0.05) is 18.2 Å². The molecule has 0 spiro atoms. The van der Waals surface area contributed by atoms with Crippen LogP contribution in [-0.2, 0) is 0 Å². The summed E-state index contributed by atoms with van der Waals surface area (Å²) in [7, 11) is 0. The summed E-state index contributed by atoms with van der Waals surface area (Å²) in [5.41, 5.74) is 6.64. The largest absolute Gasteiger partial charge is 0.340 e. The number of hydrogen-bond acceptors (Lipinski definition) is 4. The van der Waals surface area contributed by atoms with Crippen LogP contribution in [0, 0.1) is 27.7 Å². The highest BCUT2D eigenvalue weighted by Gasteiger charge is 2.05. The fourth-order valence-electron chi connectivity index (χ4n) is 2.51. The highest BCUT2D eigenvalue weighted by Crippen LogP contribution is 2.21. The molecule has 122 valence electrons. The molecular formula is C20H22N4. The number of nitrogens with one attached hydrogen (secondary N) is 2. The Hall–Kier alpha value is -2.88. The van der Waals surface area contributed by atoms with E-state index in [1.54, 1.807) is 0 Å². The van der Waals surface area contributed by atoms with Crippen LogP contribution in [0.15, 0.2) is 48.5 Å². The molecule has 0 saturated heterocycles. The van der Waals surface area contributed by atoms with Gasteiger partial charge in [0.25, 0.3) is 0 Å². The van der Waals surface area contributed by atoms with E-state index >= 15 is 0 Å². The van der Waals surface area contributed by atoms with Crippen LogP contribution in [0.5, 0.6) is 0 Å². The van der Waals surface area contributed by atoms with Crippen LogP contribution >= 0.6 is 0 Å². The van der Waals surface area contributed by atoms with Gasteiger partial charge in [-0.3, -0.25) is 0 Å². The number of benzene rings is 2. The summed E-state index contributed by atoms with van der Waals surface area (Å²) in [6, 6.07) is 16.4. The van der Waals surface area contributed by atoms with Crippen molar-refractivity contribution in [3.05, 3.63) is 70.9 Å². The SMILES string of the molecule is Cc1cccc(Nc2cc(C)nc(Nc3ccc(C)c(C)c3)n2)c1. The summed E-state index contributed by atoms with van der Waals surface area (Å²) in [5, 5.41) is 6.63. The molecule has 0 aliphatic carbocycles. The molecule has 0 aliphatic rings. The number of rotatable bonds is 4. The molecule has 0 radical (unpaired) electrons. The van der Waals surface area contributed by atoms with Crippen molar-refractivity contribution in [3.8, 4) is 0 Å². The van der Waals surface area contributed by atoms with Crippen LogP contribution in [0.3, 0.4) is 0 Å². The topological polar surface area (TPSA) is 49.8 Å². The van der Waals surface area contributed by atoms with Gasteiger partial charge < -0.3 is 10.6 Å². The maximum atomic E-state index is 4.57. The molecule has 4 nitrogen and oxygen atoms in total. The molecule has 2 N–H and O–H groups in total. The summed E-state index contributed by atoms with van der Waals surface area (Å²) in [6.45, 7) is 8.24. The van der Waals surface area contributed by atoms with Crippen molar-refractivity contribution in [2.75, 3.05) is 10.6 Å². The van der Waals surface area contributed by atoms with Gasteiger partial charge in [0.05, 0.1) is 0 Å². The van der Waals surface area contributed by atoms with Crippen molar-refractivity contribution >= 4 is 23.1 Å². The maximum absolute atomic E-state index is 4.57. The highest BCUT2D eigenvalue weighted by atomic mass is 15.1. The van der Waals surface area contributed by atoms with E-state index in [-0.39, 0.29) is 0 Å². The minimum atomic E-state index is 0.591. The highest BCUT2D eigenvalue weighted by molar-refractivity contribution is 5.61. The lowest BCUT2D eigenvalue weighted by Crippen LogP contribution is -2.02. The molecule has 2 aromatic carbocycles. The van der Waals surface area contributed by atoms with Crippen LogP contribution in [0.4, 0.5) is 23.1 Å². The van der Waals surface area contributed by atoms with Crippen molar-refractivity contribution in [2.24, 2.45) is 0 Å². The van der Waals surface area contributed by atoms with Crippen LogP contribution in [0.2, 0.25) is 0 Å². The van der Waals surface area contributed by atoms with Gasteiger partial charge in [-0.05, 0) is 68.7 Å². The monoisotopic (exact) mass is 318 g/mol. The predicted octanol–water partition coefficient (Wildman–Crippen LogP) is 5.20. The van der Waals surface area contributed by atoms with Gasteiger partial charge >= 0.3 is 0 Å². The summed E-state index contributed by atoms with van der Waals surface area (Å²) in [4.78, 5) is 9.05. The number of hydrogen-bond donors (Lipinski definition) is 2. The van der Waals surface area contributed by atoms with E-state index in [4.69, 9.17) is 0 Å². The van der Waals surface area contributed by atoms with Crippen molar-refractivity contribution in [3.63, 3.8) is 0 Å². The first-order valence-electron chi connectivity index (χ1n) is 8.03. The fraction of sp³-hybridized carbons (Fsp3) is 0.200. The van der Waals surface area contributed by atoms with Gasteiger partial charge in [0, 0.05) is 23.1 Å². The third-order valence-electron chi connectivity index (χ3n) is 3.91. The number of aryl methyl sites for hydroxylation is 4. The predicted molar refractivity (Wildman–Crippen MR) is 100 cm³/mol. The Morgan fingerprint density at radius 2 is 1.50 bits per heavy atom. The zero-order valence-corrected chi connectivity index (χ0v) is 14.5. The normalized spacial score (nSPS) is 10.5. The second-order valence-corrected chi connectivity index (χ2v) is 6.14. The molecule has 0 fully saturated rings. The molecule has 3 rings (SSSR count). The molecular weight excluding hydrogens is 296 g/mol. The average molecular weight is 318 g/mol. The Bertz CT molecular complexity index is 871. The van der Waals surface area contributed by atoms with Crippen molar-refractivity contribution in [1.82, 2.24) is 9.97 Å². The molecule has 0 unspecified atom stereocenters. The molecule has 0 amide bonds. The lowest BCUT2D eigenvalue weighted by molar-refractivity contribution is 1.11. The molecule has 1 heterocycles. The molecule has 4 heteroatoms. The van der Waals surface area contributed by atoms with Crippen LogP contribution < -0.4 is 10.6 Å². The number of anilines is 4. The molecule has 24 heavy (non-hydrogen) atoms. The number of aromatic nitrogens is 2. The Labute approximate surface area is 143 Å². The van der Waals surface area contributed by atoms with E-state index in [1.807, 2.05) is 31.2 Å². The van der Waals surface area contributed by atoms with Gasteiger partial charge in [-0.15, -0.1) is 0 Å². The van der Waals surface area contributed by atoms with Crippen LogP contribution in [0.1, 0.15) is 22.4 Å². The van der Waals surface area contributed by atoms with E-state index in [0.29, 0.717) is 5.95 Å². The quantitative estimate of drug-likeness (QED) is 0.694. The van der Waals surface area contributed by atoms with E-state index in [2.05, 4.69) is 65.6 Å². The Morgan fingerprint density at radius 1 is 0.708 bits per heavy atom. The first kappa shape index (κ1) is 16.0. The second-order valence-electron chi connectivity index (χ2n) is 6.14. The number of nitrogens with zero attached hydrogens (tertiary/aromatic N) is 2. The standard InChI is InChI=1S/C20H22N4/c1-13-6-5-7-17(10-13)22-19-12-16(4)21-20(24-19)23-18-9-8-14(2)15(3)11-18/h5-12H,1-4H3,(H2,21,22,23,24). The molecule has 1 aromatic heterocycles. The maximum Gasteiger partial charge on any atom is 0.229 e. The summed E-state index contributed by atoms with van der Waals surface area (Å²) >= 11 is 0. The van der Waals surface area contributed by atoms with E-state index < -0.39 is 0 Å². The first-order valence-corrected chi connectivity index (χ1v) is 8.03. The van der Waals surface area contributed by atoms with Crippen molar-refractivity contribution in [2.45, 2.75) is 27.7 Å². The molecule has 3 aromatic rings. The van der Waals surface area contributed by atoms with Crippen molar-refractivity contribution < 1.29 is 0 Å². The smallest absolute Gasteiger partial charge is 0.229 e.